The van der Waals surface area contributed by atoms with Gasteiger partial charge in [0.15, 0.2) is 11.5 Å². The average Bonchev–Trinajstić information content (AvgIpc) is 3.09. The van der Waals surface area contributed by atoms with E-state index < -0.39 is 12.1 Å². The molecule has 3 rings (SSSR count). The van der Waals surface area contributed by atoms with E-state index in [9.17, 15) is 9.59 Å². The molecule has 0 spiro atoms. The third kappa shape index (κ3) is 4.85. The number of carbonyl (C=O) groups is 2. The summed E-state index contributed by atoms with van der Waals surface area (Å²) in [5, 5.41) is 2.91. The van der Waals surface area contributed by atoms with Crippen molar-refractivity contribution in [3.8, 4) is 11.5 Å². The van der Waals surface area contributed by atoms with Crippen LogP contribution in [0, 0.1) is 0 Å². The molecule has 2 aliphatic heterocycles. The SMILES string of the molecule is COc1ccc(CN2C(=O)OC[C@H]2C(=O)NCCN2CCOCC2)cc1OC. The van der Waals surface area contributed by atoms with Crippen molar-refractivity contribution in [3.63, 3.8) is 0 Å². The zero-order valence-corrected chi connectivity index (χ0v) is 16.3. The molecule has 28 heavy (non-hydrogen) atoms. The van der Waals surface area contributed by atoms with E-state index in [0.717, 1.165) is 38.4 Å². The minimum atomic E-state index is -0.648. The van der Waals surface area contributed by atoms with Gasteiger partial charge in [0.1, 0.15) is 12.6 Å². The van der Waals surface area contributed by atoms with E-state index in [4.69, 9.17) is 18.9 Å². The number of nitrogens with zero attached hydrogens (tertiary/aromatic N) is 2. The van der Waals surface area contributed by atoms with Crippen molar-refractivity contribution in [2.24, 2.45) is 0 Å². The predicted molar refractivity (Wildman–Crippen MR) is 100 cm³/mol. The van der Waals surface area contributed by atoms with Gasteiger partial charge in [0, 0.05) is 26.2 Å². The van der Waals surface area contributed by atoms with Crippen LogP contribution in [-0.4, -0.2) is 88.1 Å². The third-order valence-electron chi connectivity index (χ3n) is 4.91. The Hall–Kier alpha value is -2.52. The Morgan fingerprint density at radius 3 is 2.68 bits per heavy atom. The molecule has 0 saturated carbocycles. The second-order valence-corrected chi connectivity index (χ2v) is 6.65. The lowest BCUT2D eigenvalue weighted by atomic mass is 10.1. The Morgan fingerprint density at radius 1 is 1.21 bits per heavy atom. The number of cyclic esters (lactones) is 1. The van der Waals surface area contributed by atoms with E-state index in [-0.39, 0.29) is 19.1 Å². The van der Waals surface area contributed by atoms with Crippen LogP contribution in [0.5, 0.6) is 11.5 Å². The van der Waals surface area contributed by atoms with Crippen molar-refractivity contribution >= 4 is 12.0 Å². The highest BCUT2D eigenvalue weighted by atomic mass is 16.6. The van der Waals surface area contributed by atoms with E-state index >= 15 is 0 Å². The highest BCUT2D eigenvalue weighted by molar-refractivity contribution is 5.87. The monoisotopic (exact) mass is 393 g/mol. The Balaban J connectivity index is 1.57. The molecule has 2 fully saturated rings. The van der Waals surface area contributed by atoms with Gasteiger partial charge in [0.05, 0.1) is 34.0 Å². The Morgan fingerprint density at radius 2 is 1.96 bits per heavy atom. The van der Waals surface area contributed by atoms with Gasteiger partial charge in [-0.25, -0.2) is 4.79 Å². The number of ether oxygens (including phenoxy) is 4. The molecule has 0 aromatic heterocycles. The molecule has 1 aromatic rings. The summed E-state index contributed by atoms with van der Waals surface area (Å²) in [5.41, 5.74) is 0.822. The van der Waals surface area contributed by atoms with Crippen molar-refractivity contribution in [3.05, 3.63) is 23.8 Å². The van der Waals surface area contributed by atoms with Crippen molar-refractivity contribution in [1.82, 2.24) is 15.1 Å². The number of amides is 2. The van der Waals surface area contributed by atoms with Gasteiger partial charge in [-0.15, -0.1) is 0 Å². The number of rotatable bonds is 8. The topological polar surface area (TPSA) is 89.6 Å². The van der Waals surface area contributed by atoms with Gasteiger partial charge in [-0.1, -0.05) is 6.07 Å². The summed E-state index contributed by atoms with van der Waals surface area (Å²) in [4.78, 5) is 28.4. The van der Waals surface area contributed by atoms with Gasteiger partial charge in [-0.2, -0.15) is 0 Å². The largest absolute Gasteiger partial charge is 0.493 e. The number of morpholine rings is 1. The van der Waals surface area contributed by atoms with Gasteiger partial charge in [-0.05, 0) is 17.7 Å². The van der Waals surface area contributed by atoms with E-state index in [1.165, 1.54) is 4.90 Å². The number of nitrogens with one attached hydrogen (secondary N) is 1. The standard InChI is InChI=1S/C19H27N3O6/c1-25-16-4-3-14(11-17(16)26-2)12-22-15(13-28-19(22)24)18(23)20-5-6-21-7-9-27-10-8-21/h3-4,11,15H,5-10,12-13H2,1-2H3,(H,20,23)/t15-/m0/s1. The predicted octanol–water partition coefficient (Wildman–Crippen LogP) is 0.473. The molecule has 2 aliphatic rings. The summed E-state index contributed by atoms with van der Waals surface area (Å²) >= 11 is 0. The highest BCUT2D eigenvalue weighted by Gasteiger charge is 2.38. The Kier molecular flexibility index (Phi) is 6.94. The normalized spacial score (nSPS) is 20.0. The van der Waals surface area contributed by atoms with Crippen molar-refractivity contribution < 1.29 is 28.5 Å². The molecule has 0 bridgehead atoms. The summed E-state index contributed by atoms with van der Waals surface area (Å²) in [6, 6.07) is 4.75. The molecule has 1 atom stereocenters. The van der Waals surface area contributed by atoms with Crippen LogP contribution in [0.15, 0.2) is 18.2 Å². The quantitative estimate of drug-likeness (QED) is 0.687. The molecular formula is C19H27N3O6. The van der Waals surface area contributed by atoms with Crippen molar-refractivity contribution in [2.45, 2.75) is 12.6 Å². The molecule has 0 radical (unpaired) electrons. The van der Waals surface area contributed by atoms with Crippen molar-refractivity contribution in [1.29, 1.82) is 0 Å². The molecule has 0 aliphatic carbocycles. The summed E-state index contributed by atoms with van der Waals surface area (Å²) in [6.45, 7) is 4.75. The maximum atomic E-state index is 12.6. The fraction of sp³-hybridized carbons (Fsp3) is 0.579. The van der Waals surface area contributed by atoms with Gasteiger partial charge in [0.25, 0.3) is 0 Å². The molecule has 2 heterocycles. The molecular weight excluding hydrogens is 366 g/mol. The first-order valence-corrected chi connectivity index (χ1v) is 9.34. The highest BCUT2D eigenvalue weighted by Crippen LogP contribution is 2.29. The summed E-state index contributed by atoms with van der Waals surface area (Å²) in [5.74, 6) is 0.964. The van der Waals surface area contributed by atoms with Crippen LogP contribution >= 0.6 is 0 Å². The van der Waals surface area contributed by atoms with E-state index in [1.807, 2.05) is 6.07 Å². The lowest BCUT2D eigenvalue weighted by molar-refractivity contribution is -0.125. The zero-order chi connectivity index (χ0) is 19.9. The minimum absolute atomic E-state index is 0.0511. The fourth-order valence-corrected chi connectivity index (χ4v) is 3.30. The van der Waals surface area contributed by atoms with Crippen LogP contribution in [0.1, 0.15) is 5.56 Å². The lowest BCUT2D eigenvalue weighted by Crippen LogP contribution is -2.48. The number of hydrogen-bond acceptors (Lipinski definition) is 7. The first kappa shape index (κ1) is 20.2. The van der Waals surface area contributed by atoms with E-state index in [0.29, 0.717) is 18.0 Å². The van der Waals surface area contributed by atoms with Crippen LogP contribution < -0.4 is 14.8 Å². The lowest BCUT2D eigenvalue weighted by Gasteiger charge is -2.27. The van der Waals surface area contributed by atoms with Gasteiger partial charge in [0.2, 0.25) is 5.91 Å². The smallest absolute Gasteiger partial charge is 0.410 e. The van der Waals surface area contributed by atoms with Gasteiger partial charge in [-0.3, -0.25) is 14.6 Å². The maximum absolute atomic E-state index is 12.6. The molecule has 2 saturated heterocycles. The summed E-state index contributed by atoms with van der Waals surface area (Å²) < 4.78 is 21.0. The fourth-order valence-electron chi connectivity index (χ4n) is 3.30. The van der Waals surface area contributed by atoms with E-state index in [1.54, 1.807) is 26.4 Å². The zero-order valence-electron chi connectivity index (χ0n) is 16.3. The number of methoxy groups -OCH3 is 2. The van der Waals surface area contributed by atoms with E-state index in [2.05, 4.69) is 10.2 Å². The summed E-state index contributed by atoms with van der Waals surface area (Å²) in [7, 11) is 3.11. The second kappa shape index (κ2) is 9.61. The first-order chi connectivity index (χ1) is 13.6. The number of hydrogen-bond donors (Lipinski definition) is 1. The first-order valence-electron chi connectivity index (χ1n) is 9.34. The number of benzene rings is 1. The van der Waals surface area contributed by atoms with Gasteiger partial charge < -0.3 is 24.3 Å². The Labute approximate surface area is 164 Å². The molecule has 1 aromatic carbocycles. The van der Waals surface area contributed by atoms with Gasteiger partial charge >= 0.3 is 6.09 Å². The minimum Gasteiger partial charge on any atom is -0.493 e. The summed E-state index contributed by atoms with van der Waals surface area (Å²) in [6.07, 6.45) is -0.497. The molecule has 1 N–H and O–H groups in total. The van der Waals surface area contributed by atoms with Crippen LogP contribution in [0.25, 0.3) is 0 Å². The van der Waals surface area contributed by atoms with Crippen LogP contribution in [0.2, 0.25) is 0 Å². The molecule has 154 valence electrons. The average molecular weight is 393 g/mol. The Bertz CT molecular complexity index is 692. The second-order valence-electron chi connectivity index (χ2n) is 6.65. The molecule has 2 amide bonds. The molecule has 9 heteroatoms. The number of carbonyl (C=O) groups excluding carboxylic acids is 2. The van der Waals surface area contributed by atoms with Crippen LogP contribution in [0.3, 0.4) is 0 Å². The van der Waals surface area contributed by atoms with Crippen LogP contribution in [0.4, 0.5) is 4.79 Å². The molecule has 0 unspecified atom stereocenters. The molecule has 9 nitrogen and oxygen atoms in total. The van der Waals surface area contributed by atoms with Crippen LogP contribution in [-0.2, 0) is 20.8 Å². The van der Waals surface area contributed by atoms with Crippen molar-refractivity contribution in [2.75, 3.05) is 60.2 Å². The maximum Gasteiger partial charge on any atom is 0.410 e. The third-order valence-corrected chi connectivity index (χ3v) is 4.91.